The third kappa shape index (κ3) is 4.18. The lowest BCUT2D eigenvalue weighted by atomic mass is 10.2. The molecule has 3 N–H and O–H groups in total. The van der Waals surface area contributed by atoms with Gasteiger partial charge < -0.3 is 15.4 Å². The molecular formula is C18H15N5O5. The average molecular weight is 381 g/mol. The Bertz CT molecular complexity index is 1070. The van der Waals surface area contributed by atoms with Gasteiger partial charge in [-0.1, -0.05) is 18.2 Å². The van der Waals surface area contributed by atoms with Crippen LogP contribution in [-0.4, -0.2) is 33.4 Å². The summed E-state index contributed by atoms with van der Waals surface area (Å²) < 4.78 is 0. The van der Waals surface area contributed by atoms with Crippen molar-refractivity contribution in [1.82, 2.24) is 10.3 Å². The van der Waals surface area contributed by atoms with Crippen molar-refractivity contribution >= 4 is 34.1 Å². The number of nitrogens with zero attached hydrogens (tertiary/aromatic N) is 3. The summed E-state index contributed by atoms with van der Waals surface area (Å²) in [7, 11) is 0. The molecule has 0 aliphatic rings. The van der Waals surface area contributed by atoms with Gasteiger partial charge in [0.05, 0.1) is 10.4 Å². The topological polar surface area (TPSA) is 150 Å². The zero-order chi connectivity index (χ0) is 20.1. The molecule has 0 radical (unpaired) electrons. The first kappa shape index (κ1) is 18.7. The van der Waals surface area contributed by atoms with Crippen LogP contribution in [0.25, 0.3) is 10.9 Å². The van der Waals surface area contributed by atoms with Crippen molar-refractivity contribution in [2.75, 3.05) is 6.54 Å². The number of nitro benzene ring substituents is 1. The molecule has 1 heterocycles. The van der Waals surface area contributed by atoms with Gasteiger partial charge in [0.25, 0.3) is 17.5 Å². The number of hydrogen-bond acceptors (Lipinski definition) is 6. The van der Waals surface area contributed by atoms with Crippen LogP contribution in [0.4, 0.5) is 11.4 Å². The number of rotatable bonds is 6. The fourth-order valence-corrected chi connectivity index (χ4v) is 2.50. The van der Waals surface area contributed by atoms with Gasteiger partial charge in [0.1, 0.15) is 0 Å². The molecule has 142 valence electrons. The van der Waals surface area contributed by atoms with E-state index in [1.54, 1.807) is 30.3 Å². The predicted molar refractivity (Wildman–Crippen MR) is 99.5 cm³/mol. The van der Waals surface area contributed by atoms with Gasteiger partial charge in [-0.2, -0.15) is 0 Å². The van der Waals surface area contributed by atoms with Crippen molar-refractivity contribution in [3.63, 3.8) is 0 Å². The molecule has 2 amide bonds. The SMILES string of the molecule is O=C(CCNC(=O)c1ccccc1)N=Nc1c(O)[nH]c2ccc([N+](=O)[O-])cc12. The molecule has 3 rings (SSSR count). The summed E-state index contributed by atoms with van der Waals surface area (Å²) in [6, 6.07) is 12.5. The van der Waals surface area contributed by atoms with Crippen molar-refractivity contribution < 1.29 is 19.6 Å². The van der Waals surface area contributed by atoms with E-state index in [0.29, 0.717) is 11.1 Å². The fraction of sp³-hybridized carbons (Fsp3) is 0.111. The number of nitrogens with one attached hydrogen (secondary N) is 2. The third-order valence-electron chi connectivity index (χ3n) is 3.87. The quantitative estimate of drug-likeness (QED) is 0.340. The maximum absolute atomic E-state index is 11.9. The molecule has 0 atom stereocenters. The summed E-state index contributed by atoms with van der Waals surface area (Å²) in [4.78, 5) is 36.7. The number of benzene rings is 2. The van der Waals surface area contributed by atoms with Crippen LogP contribution in [0, 0.1) is 10.1 Å². The van der Waals surface area contributed by atoms with Gasteiger partial charge in [0, 0.05) is 36.0 Å². The fourth-order valence-electron chi connectivity index (χ4n) is 2.50. The number of aromatic hydroxyl groups is 1. The van der Waals surface area contributed by atoms with E-state index >= 15 is 0 Å². The van der Waals surface area contributed by atoms with E-state index in [2.05, 4.69) is 20.5 Å². The smallest absolute Gasteiger partial charge is 0.270 e. The summed E-state index contributed by atoms with van der Waals surface area (Å²) in [5.74, 6) is -1.29. The Kier molecular flexibility index (Phi) is 5.40. The average Bonchev–Trinajstić information content (AvgIpc) is 3.01. The van der Waals surface area contributed by atoms with Crippen LogP contribution >= 0.6 is 0 Å². The van der Waals surface area contributed by atoms with Crippen LogP contribution in [0.5, 0.6) is 5.88 Å². The van der Waals surface area contributed by atoms with Gasteiger partial charge in [-0.05, 0) is 18.2 Å². The molecule has 1 aromatic heterocycles. The van der Waals surface area contributed by atoms with E-state index < -0.39 is 10.8 Å². The van der Waals surface area contributed by atoms with Crippen molar-refractivity contribution in [3.8, 4) is 5.88 Å². The number of non-ortho nitro benzene ring substituents is 1. The number of hydrogen-bond donors (Lipinski definition) is 3. The number of carbonyl (C=O) groups excluding carboxylic acids is 2. The van der Waals surface area contributed by atoms with Crippen molar-refractivity contribution in [1.29, 1.82) is 0 Å². The largest absolute Gasteiger partial charge is 0.493 e. The normalized spacial score (nSPS) is 11.0. The van der Waals surface area contributed by atoms with E-state index in [4.69, 9.17) is 0 Å². The van der Waals surface area contributed by atoms with Crippen LogP contribution in [0.1, 0.15) is 16.8 Å². The molecule has 0 aliphatic carbocycles. The van der Waals surface area contributed by atoms with Crippen LogP contribution in [0.15, 0.2) is 58.8 Å². The monoisotopic (exact) mass is 381 g/mol. The molecule has 0 fully saturated rings. The van der Waals surface area contributed by atoms with Gasteiger partial charge in [0.15, 0.2) is 5.69 Å². The molecule has 0 unspecified atom stereocenters. The van der Waals surface area contributed by atoms with E-state index in [-0.39, 0.29) is 41.5 Å². The van der Waals surface area contributed by atoms with Crippen LogP contribution in [0.2, 0.25) is 0 Å². The Morgan fingerprint density at radius 3 is 2.64 bits per heavy atom. The number of amides is 2. The number of aromatic amines is 1. The van der Waals surface area contributed by atoms with E-state index in [0.717, 1.165) is 0 Å². The Balaban J connectivity index is 1.64. The van der Waals surface area contributed by atoms with Gasteiger partial charge in [0.2, 0.25) is 5.88 Å². The van der Waals surface area contributed by atoms with E-state index in [1.807, 2.05) is 0 Å². The second kappa shape index (κ2) is 8.08. The lowest BCUT2D eigenvalue weighted by Crippen LogP contribution is -2.25. The van der Waals surface area contributed by atoms with Gasteiger partial charge in [-0.3, -0.25) is 19.7 Å². The Morgan fingerprint density at radius 1 is 1.18 bits per heavy atom. The summed E-state index contributed by atoms with van der Waals surface area (Å²) in [6.45, 7) is 0.0664. The van der Waals surface area contributed by atoms with Crippen molar-refractivity contribution in [2.24, 2.45) is 10.2 Å². The Morgan fingerprint density at radius 2 is 1.93 bits per heavy atom. The minimum absolute atomic E-state index is 0.0664. The minimum atomic E-state index is -0.618. The summed E-state index contributed by atoms with van der Waals surface area (Å²) in [5, 5.41) is 30.9. The highest BCUT2D eigenvalue weighted by Gasteiger charge is 2.15. The number of carbonyl (C=O) groups is 2. The van der Waals surface area contributed by atoms with Crippen LogP contribution < -0.4 is 5.32 Å². The van der Waals surface area contributed by atoms with E-state index in [9.17, 15) is 24.8 Å². The zero-order valence-corrected chi connectivity index (χ0v) is 14.5. The molecule has 0 saturated heterocycles. The molecule has 2 aromatic carbocycles. The molecule has 10 nitrogen and oxygen atoms in total. The maximum Gasteiger partial charge on any atom is 0.270 e. The number of azo groups is 1. The second-order valence-electron chi connectivity index (χ2n) is 5.77. The molecule has 0 aliphatic heterocycles. The van der Waals surface area contributed by atoms with Gasteiger partial charge in [-0.15, -0.1) is 10.2 Å². The highest BCUT2D eigenvalue weighted by atomic mass is 16.6. The molecule has 0 bridgehead atoms. The van der Waals surface area contributed by atoms with E-state index in [1.165, 1.54) is 18.2 Å². The minimum Gasteiger partial charge on any atom is -0.493 e. The maximum atomic E-state index is 11.9. The van der Waals surface area contributed by atoms with Crippen LogP contribution in [-0.2, 0) is 4.79 Å². The summed E-state index contributed by atoms with van der Waals surface area (Å²) in [6.07, 6.45) is -0.0919. The first-order valence-electron chi connectivity index (χ1n) is 8.22. The van der Waals surface area contributed by atoms with Gasteiger partial charge >= 0.3 is 0 Å². The first-order chi connectivity index (χ1) is 13.5. The third-order valence-corrected chi connectivity index (χ3v) is 3.87. The number of H-pyrrole nitrogens is 1. The number of fused-ring (bicyclic) bond motifs is 1. The number of aromatic nitrogens is 1. The zero-order valence-electron chi connectivity index (χ0n) is 14.5. The second-order valence-corrected chi connectivity index (χ2v) is 5.77. The molecule has 0 spiro atoms. The van der Waals surface area contributed by atoms with Crippen molar-refractivity contribution in [3.05, 3.63) is 64.2 Å². The first-order valence-corrected chi connectivity index (χ1v) is 8.22. The van der Waals surface area contributed by atoms with Gasteiger partial charge in [-0.25, -0.2) is 0 Å². The lowest BCUT2D eigenvalue weighted by Gasteiger charge is -2.02. The molecule has 10 heteroatoms. The van der Waals surface area contributed by atoms with Crippen LogP contribution in [0.3, 0.4) is 0 Å². The number of nitro groups is 1. The Hall–Kier alpha value is -4.08. The summed E-state index contributed by atoms with van der Waals surface area (Å²) in [5.41, 5.74) is 0.639. The standard InChI is InChI=1S/C18H15N5O5/c24-15(8-9-19-17(25)11-4-2-1-3-5-11)21-22-16-13-10-12(23(27)28)6-7-14(13)20-18(16)26/h1-7,10,20,26H,8-9H2,(H,19,25). The summed E-state index contributed by atoms with van der Waals surface area (Å²) >= 11 is 0. The molecule has 28 heavy (non-hydrogen) atoms. The highest BCUT2D eigenvalue weighted by Crippen LogP contribution is 2.37. The molecular weight excluding hydrogens is 366 g/mol. The molecule has 3 aromatic rings. The molecule has 0 saturated carbocycles. The van der Waals surface area contributed by atoms with Crippen molar-refractivity contribution in [2.45, 2.75) is 6.42 Å². The highest BCUT2D eigenvalue weighted by molar-refractivity contribution is 5.96. The predicted octanol–water partition coefficient (Wildman–Crippen LogP) is 3.21. The Labute approximate surface area is 158 Å². The lowest BCUT2D eigenvalue weighted by molar-refractivity contribution is -0.384.